The van der Waals surface area contributed by atoms with Crippen molar-refractivity contribution in [1.82, 2.24) is 0 Å². The summed E-state index contributed by atoms with van der Waals surface area (Å²) in [5.41, 5.74) is 1.43. The van der Waals surface area contributed by atoms with Gasteiger partial charge in [0.15, 0.2) is 6.79 Å². The van der Waals surface area contributed by atoms with Crippen molar-refractivity contribution >= 4 is 0 Å². The standard InChI is InChI=1S/C11H16O4/c1-2-14-8-15-11-4-9(6-12)3-10(5-11)7-13/h3-5,12-13H,2,6-8H2,1H3. The molecule has 0 fully saturated rings. The maximum Gasteiger partial charge on any atom is 0.189 e. The highest BCUT2D eigenvalue weighted by Gasteiger charge is 2.00. The lowest BCUT2D eigenvalue weighted by Gasteiger charge is -2.09. The van der Waals surface area contributed by atoms with Crippen LogP contribution in [0.2, 0.25) is 0 Å². The highest BCUT2D eigenvalue weighted by molar-refractivity contribution is 5.33. The van der Waals surface area contributed by atoms with Crippen molar-refractivity contribution in [3.05, 3.63) is 29.3 Å². The van der Waals surface area contributed by atoms with Crippen molar-refractivity contribution in [2.75, 3.05) is 13.4 Å². The van der Waals surface area contributed by atoms with Crippen LogP contribution in [0.1, 0.15) is 18.1 Å². The van der Waals surface area contributed by atoms with E-state index in [1.54, 1.807) is 18.2 Å². The molecule has 0 heterocycles. The van der Waals surface area contributed by atoms with E-state index in [1.807, 2.05) is 6.92 Å². The van der Waals surface area contributed by atoms with Gasteiger partial charge >= 0.3 is 0 Å². The summed E-state index contributed by atoms with van der Waals surface area (Å²) >= 11 is 0. The van der Waals surface area contributed by atoms with Gasteiger partial charge in [-0.1, -0.05) is 6.07 Å². The summed E-state index contributed by atoms with van der Waals surface area (Å²) in [6.45, 7) is 2.51. The molecule has 1 rings (SSSR count). The molecule has 0 saturated heterocycles. The Bertz CT molecular complexity index is 276. The molecular formula is C11H16O4. The molecule has 0 unspecified atom stereocenters. The molecule has 4 nitrogen and oxygen atoms in total. The van der Waals surface area contributed by atoms with Crippen LogP contribution >= 0.6 is 0 Å². The Labute approximate surface area is 89.1 Å². The van der Waals surface area contributed by atoms with Gasteiger partial charge < -0.3 is 19.7 Å². The molecule has 15 heavy (non-hydrogen) atoms. The maximum absolute atomic E-state index is 8.99. The fourth-order valence-electron chi connectivity index (χ4n) is 1.19. The Hall–Kier alpha value is -1.10. The highest BCUT2D eigenvalue weighted by atomic mass is 16.7. The number of ether oxygens (including phenoxy) is 2. The first-order valence-electron chi connectivity index (χ1n) is 4.85. The van der Waals surface area contributed by atoms with Gasteiger partial charge in [-0.2, -0.15) is 0 Å². The Morgan fingerprint density at radius 2 is 1.67 bits per heavy atom. The molecule has 0 bridgehead atoms. The van der Waals surface area contributed by atoms with Gasteiger partial charge in [0.2, 0.25) is 0 Å². The van der Waals surface area contributed by atoms with E-state index in [-0.39, 0.29) is 20.0 Å². The van der Waals surface area contributed by atoms with E-state index in [0.29, 0.717) is 23.5 Å². The summed E-state index contributed by atoms with van der Waals surface area (Å²) < 4.78 is 10.3. The van der Waals surface area contributed by atoms with Gasteiger partial charge in [-0.05, 0) is 30.2 Å². The Morgan fingerprint density at radius 3 is 2.13 bits per heavy atom. The Balaban J connectivity index is 2.68. The van der Waals surface area contributed by atoms with Gasteiger partial charge in [-0.25, -0.2) is 0 Å². The fourth-order valence-corrected chi connectivity index (χ4v) is 1.19. The molecule has 2 N–H and O–H groups in total. The van der Waals surface area contributed by atoms with Crippen molar-refractivity contribution in [1.29, 1.82) is 0 Å². The van der Waals surface area contributed by atoms with Gasteiger partial charge in [0.05, 0.1) is 13.2 Å². The molecule has 0 atom stereocenters. The van der Waals surface area contributed by atoms with E-state index in [9.17, 15) is 0 Å². The molecule has 0 saturated carbocycles. The normalized spacial score (nSPS) is 10.3. The number of aliphatic hydroxyl groups excluding tert-OH is 2. The van der Waals surface area contributed by atoms with Crippen LogP contribution in [0.15, 0.2) is 18.2 Å². The summed E-state index contributed by atoms with van der Waals surface area (Å²) in [4.78, 5) is 0. The van der Waals surface area contributed by atoms with Crippen LogP contribution in [0, 0.1) is 0 Å². The molecule has 0 aliphatic heterocycles. The third-order valence-electron chi connectivity index (χ3n) is 1.90. The third kappa shape index (κ3) is 3.87. The Morgan fingerprint density at radius 1 is 1.07 bits per heavy atom. The summed E-state index contributed by atoms with van der Waals surface area (Å²) in [6.07, 6.45) is 0. The van der Waals surface area contributed by atoms with Crippen molar-refractivity contribution in [3.63, 3.8) is 0 Å². The van der Waals surface area contributed by atoms with E-state index in [1.165, 1.54) is 0 Å². The summed E-state index contributed by atoms with van der Waals surface area (Å²) in [7, 11) is 0. The maximum atomic E-state index is 8.99. The van der Waals surface area contributed by atoms with Crippen LogP contribution in [0.5, 0.6) is 5.75 Å². The van der Waals surface area contributed by atoms with Crippen LogP contribution in [0.4, 0.5) is 0 Å². The number of aliphatic hydroxyl groups is 2. The zero-order valence-corrected chi connectivity index (χ0v) is 8.77. The molecule has 0 amide bonds. The van der Waals surface area contributed by atoms with Gasteiger partial charge in [-0.15, -0.1) is 0 Å². The van der Waals surface area contributed by atoms with Gasteiger partial charge in [0.1, 0.15) is 5.75 Å². The second kappa shape index (κ2) is 6.40. The average molecular weight is 212 g/mol. The minimum atomic E-state index is -0.0706. The van der Waals surface area contributed by atoms with E-state index in [2.05, 4.69) is 0 Å². The van der Waals surface area contributed by atoms with Gasteiger partial charge in [0, 0.05) is 6.61 Å². The molecule has 0 aliphatic rings. The van der Waals surface area contributed by atoms with Crippen LogP contribution in [-0.4, -0.2) is 23.6 Å². The first-order valence-corrected chi connectivity index (χ1v) is 4.85. The van der Waals surface area contributed by atoms with Gasteiger partial charge in [0.25, 0.3) is 0 Å². The smallest absolute Gasteiger partial charge is 0.189 e. The first-order chi connectivity index (χ1) is 7.30. The van der Waals surface area contributed by atoms with E-state index >= 15 is 0 Å². The number of hydrogen-bond acceptors (Lipinski definition) is 4. The van der Waals surface area contributed by atoms with Crippen molar-refractivity contribution in [2.45, 2.75) is 20.1 Å². The van der Waals surface area contributed by atoms with Gasteiger partial charge in [-0.3, -0.25) is 0 Å². The Kier molecular flexibility index (Phi) is 5.10. The summed E-state index contributed by atoms with van der Waals surface area (Å²) in [5.74, 6) is 0.596. The summed E-state index contributed by atoms with van der Waals surface area (Å²) in [5, 5.41) is 18.0. The average Bonchev–Trinajstić information content (AvgIpc) is 2.29. The molecular weight excluding hydrogens is 196 g/mol. The zero-order chi connectivity index (χ0) is 11.1. The SMILES string of the molecule is CCOCOc1cc(CO)cc(CO)c1. The molecule has 84 valence electrons. The topological polar surface area (TPSA) is 58.9 Å². The fraction of sp³-hybridized carbons (Fsp3) is 0.455. The van der Waals surface area contributed by atoms with Crippen molar-refractivity contribution in [3.8, 4) is 5.75 Å². The predicted molar refractivity (Wildman–Crippen MR) is 55.4 cm³/mol. The van der Waals surface area contributed by atoms with E-state index in [0.717, 1.165) is 0 Å². The molecule has 1 aromatic rings. The molecule has 4 heteroatoms. The first kappa shape index (κ1) is 12.0. The van der Waals surface area contributed by atoms with E-state index < -0.39 is 0 Å². The molecule has 0 spiro atoms. The predicted octanol–water partition coefficient (Wildman–Crippen LogP) is 1.04. The minimum Gasteiger partial charge on any atom is -0.468 e. The third-order valence-corrected chi connectivity index (χ3v) is 1.90. The number of rotatable bonds is 6. The molecule has 1 aromatic carbocycles. The second-order valence-electron chi connectivity index (χ2n) is 3.06. The zero-order valence-electron chi connectivity index (χ0n) is 8.77. The molecule has 0 aromatic heterocycles. The minimum absolute atomic E-state index is 0.0706. The second-order valence-corrected chi connectivity index (χ2v) is 3.06. The lowest BCUT2D eigenvalue weighted by molar-refractivity contribution is 0.0222. The van der Waals surface area contributed by atoms with Crippen LogP contribution in [-0.2, 0) is 18.0 Å². The summed E-state index contributed by atoms with van der Waals surface area (Å²) in [6, 6.07) is 5.17. The quantitative estimate of drug-likeness (QED) is 0.546. The lowest BCUT2D eigenvalue weighted by atomic mass is 10.1. The lowest BCUT2D eigenvalue weighted by Crippen LogP contribution is -2.03. The van der Waals surface area contributed by atoms with Crippen molar-refractivity contribution in [2.24, 2.45) is 0 Å². The molecule has 0 radical (unpaired) electrons. The van der Waals surface area contributed by atoms with E-state index in [4.69, 9.17) is 19.7 Å². The van der Waals surface area contributed by atoms with Crippen LogP contribution < -0.4 is 4.74 Å². The van der Waals surface area contributed by atoms with Crippen LogP contribution in [0.25, 0.3) is 0 Å². The van der Waals surface area contributed by atoms with Crippen molar-refractivity contribution < 1.29 is 19.7 Å². The van der Waals surface area contributed by atoms with Crippen LogP contribution in [0.3, 0.4) is 0 Å². The number of benzene rings is 1. The molecule has 0 aliphatic carbocycles. The monoisotopic (exact) mass is 212 g/mol. The highest BCUT2D eigenvalue weighted by Crippen LogP contribution is 2.17. The number of hydrogen-bond donors (Lipinski definition) is 2. The largest absolute Gasteiger partial charge is 0.468 e.